The Bertz CT molecular complexity index is 526. The number of ketones is 1. The maximum absolute atomic E-state index is 12.5. The van der Waals surface area contributed by atoms with Gasteiger partial charge in [0.05, 0.1) is 12.7 Å². The Labute approximate surface area is 147 Å². The van der Waals surface area contributed by atoms with Gasteiger partial charge in [0, 0.05) is 11.8 Å². The smallest absolute Gasteiger partial charge is 0.139 e. The van der Waals surface area contributed by atoms with Crippen molar-refractivity contribution in [1.82, 2.24) is 0 Å². The maximum atomic E-state index is 12.5. The van der Waals surface area contributed by atoms with Gasteiger partial charge in [0.25, 0.3) is 0 Å². The van der Waals surface area contributed by atoms with E-state index in [-0.39, 0.29) is 5.41 Å². The van der Waals surface area contributed by atoms with E-state index in [0.29, 0.717) is 29.8 Å². The molecule has 7 atom stereocenters. The van der Waals surface area contributed by atoms with Gasteiger partial charge in [-0.3, -0.25) is 4.79 Å². The lowest BCUT2D eigenvalue weighted by Gasteiger charge is -2.60. The molecule has 0 aromatic carbocycles. The minimum absolute atomic E-state index is 0.0225. The van der Waals surface area contributed by atoms with Crippen molar-refractivity contribution in [2.24, 2.45) is 34.5 Å². The Hall–Kier alpha value is -0.630. The van der Waals surface area contributed by atoms with Crippen LogP contribution in [0.3, 0.4) is 0 Å². The quantitative estimate of drug-likeness (QED) is 0.667. The lowest BCUT2D eigenvalue weighted by molar-refractivity contribution is -0.144. The summed E-state index contributed by atoms with van der Waals surface area (Å²) in [5, 5.41) is 0. The van der Waals surface area contributed by atoms with Crippen LogP contribution in [-0.2, 0) is 9.53 Å². The molecule has 4 rings (SSSR count). The molecule has 0 aromatic heterocycles. The molecular weight excluding hydrogens is 296 g/mol. The first kappa shape index (κ1) is 16.8. The van der Waals surface area contributed by atoms with Crippen molar-refractivity contribution < 1.29 is 9.53 Å². The van der Waals surface area contributed by atoms with Gasteiger partial charge < -0.3 is 4.74 Å². The molecular formula is C22H34O2. The zero-order valence-corrected chi connectivity index (χ0v) is 15.6. The van der Waals surface area contributed by atoms with Crippen molar-refractivity contribution in [1.29, 1.82) is 0 Å². The van der Waals surface area contributed by atoms with E-state index in [2.05, 4.69) is 20.4 Å². The molecule has 4 saturated carbocycles. The van der Waals surface area contributed by atoms with Crippen LogP contribution in [0.5, 0.6) is 0 Å². The molecule has 134 valence electrons. The third-order valence-electron chi connectivity index (χ3n) is 8.78. The second-order valence-electron chi connectivity index (χ2n) is 9.59. The Morgan fingerprint density at radius 3 is 2.75 bits per heavy atom. The second kappa shape index (κ2) is 5.97. The van der Waals surface area contributed by atoms with Crippen LogP contribution in [-0.4, -0.2) is 18.5 Å². The predicted molar refractivity (Wildman–Crippen MR) is 96.7 cm³/mol. The van der Waals surface area contributed by atoms with Crippen molar-refractivity contribution in [2.45, 2.75) is 77.7 Å². The predicted octanol–water partition coefficient (Wildman–Crippen LogP) is 5.17. The standard InChI is InChI=1S/C22H34O2/c1-4-13-24-16-9-11-21(2)15(14-16)5-6-17-18-7-8-20(23)22(18,3)12-10-19(17)21/h4,15-19H,1,5-14H2,2-3H3/t15-,16-,17-,18-,19-,21-,22-/m0/s1. The fraction of sp³-hybridized carbons (Fsp3) is 0.864. The van der Waals surface area contributed by atoms with Crippen LogP contribution in [0.25, 0.3) is 0 Å². The highest BCUT2D eigenvalue weighted by Gasteiger charge is 2.60. The number of carbonyl (C=O) groups is 1. The van der Waals surface area contributed by atoms with Gasteiger partial charge in [-0.2, -0.15) is 0 Å². The van der Waals surface area contributed by atoms with Crippen molar-refractivity contribution >= 4 is 5.78 Å². The summed E-state index contributed by atoms with van der Waals surface area (Å²) in [6, 6.07) is 0. The van der Waals surface area contributed by atoms with Gasteiger partial charge in [0.15, 0.2) is 0 Å². The molecule has 0 unspecified atom stereocenters. The van der Waals surface area contributed by atoms with E-state index < -0.39 is 0 Å². The molecule has 0 spiro atoms. The Morgan fingerprint density at radius 1 is 1.12 bits per heavy atom. The highest BCUT2D eigenvalue weighted by molar-refractivity contribution is 5.87. The Kier molecular flexibility index (Phi) is 4.18. The van der Waals surface area contributed by atoms with E-state index in [0.717, 1.165) is 30.6 Å². The van der Waals surface area contributed by atoms with Crippen molar-refractivity contribution in [3.05, 3.63) is 12.7 Å². The van der Waals surface area contributed by atoms with Crippen LogP contribution < -0.4 is 0 Å². The molecule has 24 heavy (non-hydrogen) atoms. The molecule has 0 bridgehead atoms. The van der Waals surface area contributed by atoms with Gasteiger partial charge in [-0.25, -0.2) is 0 Å². The Morgan fingerprint density at radius 2 is 1.96 bits per heavy atom. The van der Waals surface area contributed by atoms with Gasteiger partial charge in [0.2, 0.25) is 0 Å². The number of hydrogen-bond acceptors (Lipinski definition) is 2. The van der Waals surface area contributed by atoms with Crippen LogP contribution >= 0.6 is 0 Å². The Balaban J connectivity index is 1.52. The van der Waals surface area contributed by atoms with Crippen molar-refractivity contribution in [3.8, 4) is 0 Å². The highest BCUT2D eigenvalue weighted by Crippen LogP contribution is 2.65. The summed E-state index contributed by atoms with van der Waals surface area (Å²) in [7, 11) is 0. The average molecular weight is 331 g/mol. The first-order valence-corrected chi connectivity index (χ1v) is 10.2. The fourth-order valence-corrected chi connectivity index (χ4v) is 7.35. The first-order valence-electron chi connectivity index (χ1n) is 10.2. The van der Waals surface area contributed by atoms with Gasteiger partial charge >= 0.3 is 0 Å². The summed E-state index contributed by atoms with van der Waals surface area (Å²) in [5.41, 5.74) is 0.512. The lowest BCUT2D eigenvalue weighted by Crippen LogP contribution is -2.54. The topological polar surface area (TPSA) is 26.3 Å². The van der Waals surface area contributed by atoms with Gasteiger partial charge in [-0.05, 0) is 80.5 Å². The summed E-state index contributed by atoms with van der Waals surface area (Å²) in [6.07, 6.45) is 13.3. The molecule has 0 radical (unpaired) electrons. The fourth-order valence-electron chi connectivity index (χ4n) is 7.35. The summed E-state index contributed by atoms with van der Waals surface area (Å²) in [6.45, 7) is 9.35. The summed E-state index contributed by atoms with van der Waals surface area (Å²) in [5.74, 6) is 3.72. The van der Waals surface area contributed by atoms with E-state index in [1.807, 2.05) is 6.08 Å². The van der Waals surface area contributed by atoms with Crippen LogP contribution in [0.4, 0.5) is 0 Å². The number of carbonyl (C=O) groups excluding carboxylic acids is 1. The third kappa shape index (κ3) is 2.35. The van der Waals surface area contributed by atoms with Crippen molar-refractivity contribution in [2.75, 3.05) is 6.61 Å². The zero-order valence-electron chi connectivity index (χ0n) is 15.6. The van der Waals surface area contributed by atoms with E-state index in [4.69, 9.17) is 4.74 Å². The van der Waals surface area contributed by atoms with E-state index in [1.165, 1.54) is 44.9 Å². The molecule has 4 aliphatic rings. The largest absolute Gasteiger partial charge is 0.374 e. The minimum atomic E-state index is 0.0225. The molecule has 2 heteroatoms. The molecule has 0 saturated heterocycles. The molecule has 4 aliphatic carbocycles. The van der Waals surface area contributed by atoms with Crippen LogP contribution in [0.2, 0.25) is 0 Å². The first-order chi connectivity index (χ1) is 11.5. The second-order valence-corrected chi connectivity index (χ2v) is 9.59. The minimum Gasteiger partial charge on any atom is -0.374 e. The number of rotatable bonds is 3. The SMILES string of the molecule is C=CCO[C@H]1CC[C@@]2(C)[C@@H](CC[C@@H]3[C@@H]2CC[C@]2(C)C(=O)CC[C@@H]32)C1. The molecule has 0 heterocycles. The molecule has 0 amide bonds. The normalized spacial score (nSPS) is 50.8. The van der Waals surface area contributed by atoms with Gasteiger partial charge in [-0.1, -0.05) is 19.9 Å². The summed E-state index contributed by atoms with van der Waals surface area (Å²) < 4.78 is 6.00. The number of hydrogen-bond donors (Lipinski definition) is 0. The maximum Gasteiger partial charge on any atom is 0.139 e. The monoisotopic (exact) mass is 330 g/mol. The number of ether oxygens (including phenoxy) is 1. The van der Waals surface area contributed by atoms with Gasteiger partial charge in [-0.15, -0.1) is 6.58 Å². The van der Waals surface area contributed by atoms with Crippen LogP contribution in [0.1, 0.15) is 71.6 Å². The lowest BCUT2D eigenvalue weighted by atomic mass is 9.45. The molecule has 0 aliphatic heterocycles. The summed E-state index contributed by atoms with van der Waals surface area (Å²) in [4.78, 5) is 12.5. The third-order valence-corrected chi connectivity index (χ3v) is 8.78. The van der Waals surface area contributed by atoms with Crippen LogP contribution in [0.15, 0.2) is 12.7 Å². The molecule has 2 nitrogen and oxygen atoms in total. The van der Waals surface area contributed by atoms with E-state index >= 15 is 0 Å². The molecule has 0 aromatic rings. The molecule has 4 fully saturated rings. The average Bonchev–Trinajstić information content (AvgIpc) is 2.88. The van der Waals surface area contributed by atoms with Crippen molar-refractivity contribution in [3.63, 3.8) is 0 Å². The zero-order chi connectivity index (χ0) is 16.9. The summed E-state index contributed by atoms with van der Waals surface area (Å²) >= 11 is 0. The number of fused-ring (bicyclic) bond motifs is 5. The van der Waals surface area contributed by atoms with Crippen LogP contribution in [0, 0.1) is 34.5 Å². The van der Waals surface area contributed by atoms with E-state index in [1.54, 1.807) is 0 Å². The highest BCUT2D eigenvalue weighted by atomic mass is 16.5. The molecule has 0 N–H and O–H groups in total. The van der Waals surface area contributed by atoms with E-state index in [9.17, 15) is 4.79 Å². The number of Topliss-reactive ketones (excluding diaryl/α,β-unsaturated/α-hetero) is 1. The van der Waals surface area contributed by atoms with Gasteiger partial charge in [0.1, 0.15) is 5.78 Å².